The molecule has 0 saturated carbocycles. The van der Waals surface area contributed by atoms with Gasteiger partial charge in [-0.3, -0.25) is 4.79 Å². The maximum absolute atomic E-state index is 12.2. The minimum atomic E-state index is -3.38. The van der Waals surface area contributed by atoms with E-state index in [-0.39, 0.29) is 17.6 Å². The highest BCUT2D eigenvalue weighted by molar-refractivity contribution is 7.89. The predicted octanol–water partition coefficient (Wildman–Crippen LogP) is 1.94. The minimum Gasteiger partial charge on any atom is -0.481 e. The van der Waals surface area contributed by atoms with E-state index in [1.54, 1.807) is 13.8 Å². The summed E-state index contributed by atoms with van der Waals surface area (Å²) in [6.07, 6.45) is 0.397. The van der Waals surface area contributed by atoms with Gasteiger partial charge in [-0.25, -0.2) is 8.42 Å². The molecule has 0 radical (unpaired) electrons. The molecule has 18 heavy (non-hydrogen) atoms. The molecule has 0 bridgehead atoms. The number of hydrogen-bond acceptors (Lipinski definition) is 3. The lowest BCUT2D eigenvalue weighted by Crippen LogP contribution is -2.41. The molecule has 0 aliphatic heterocycles. The van der Waals surface area contributed by atoms with Crippen LogP contribution in [0, 0.1) is 5.41 Å². The van der Waals surface area contributed by atoms with Crippen molar-refractivity contribution in [3.63, 3.8) is 0 Å². The summed E-state index contributed by atoms with van der Waals surface area (Å²) in [5, 5.41) is 8.73. The molecule has 0 fully saturated rings. The molecule has 1 N–H and O–H groups in total. The predicted molar refractivity (Wildman–Crippen MR) is 72.0 cm³/mol. The van der Waals surface area contributed by atoms with Gasteiger partial charge in [-0.1, -0.05) is 27.7 Å². The summed E-state index contributed by atoms with van der Waals surface area (Å²) in [5.74, 6) is -0.916. The Kier molecular flexibility index (Phi) is 6.29. The second-order valence-electron chi connectivity index (χ2n) is 5.78. The average molecular weight is 279 g/mol. The Morgan fingerprint density at radius 1 is 1.33 bits per heavy atom. The van der Waals surface area contributed by atoms with Crippen molar-refractivity contribution < 1.29 is 18.3 Å². The number of carboxylic acid groups (broad SMARTS) is 1. The van der Waals surface area contributed by atoms with Gasteiger partial charge in [0.1, 0.15) is 0 Å². The van der Waals surface area contributed by atoms with Gasteiger partial charge in [-0.2, -0.15) is 4.31 Å². The standard InChI is InChI=1S/C12H25NO4S/c1-6-13(10(2)9-11(14)15)18(16,17)8-7-12(3,4)5/h10H,6-9H2,1-5H3,(H,14,15). The molecule has 108 valence electrons. The van der Waals surface area contributed by atoms with Crippen molar-refractivity contribution in [3.05, 3.63) is 0 Å². The van der Waals surface area contributed by atoms with Crippen LogP contribution in [-0.2, 0) is 14.8 Å². The molecule has 0 aliphatic rings. The van der Waals surface area contributed by atoms with Crippen molar-refractivity contribution in [3.8, 4) is 0 Å². The van der Waals surface area contributed by atoms with Gasteiger partial charge in [-0.15, -0.1) is 0 Å². The lowest BCUT2D eigenvalue weighted by Gasteiger charge is -2.27. The summed E-state index contributed by atoms with van der Waals surface area (Å²) >= 11 is 0. The Morgan fingerprint density at radius 3 is 2.17 bits per heavy atom. The van der Waals surface area contributed by atoms with Gasteiger partial charge in [0.25, 0.3) is 0 Å². The van der Waals surface area contributed by atoms with Crippen LogP contribution in [-0.4, -0.2) is 42.1 Å². The van der Waals surface area contributed by atoms with Crippen LogP contribution in [0.15, 0.2) is 0 Å². The lowest BCUT2D eigenvalue weighted by molar-refractivity contribution is -0.137. The van der Waals surface area contributed by atoms with Gasteiger partial charge in [-0.05, 0) is 18.8 Å². The largest absolute Gasteiger partial charge is 0.481 e. The van der Waals surface area contributed by atoms with E-state index in [1.165, 1.54) is 4.31 Å². The Morgan fingerprint density at radius 2 is 1.83 bits per heavy atom. The van der Waals surface area contributed by atoms with Crippen molar-refractivity contribution in [1.29, 1.82) is 0 Å². The first-order valence-electron chi connectivity index (χ1n) is 6.21. The number of aliphatic carboxylic acids is 1. The fraction of sp³-hybridized carbons (Fsp3) is 0.917. The molecule has 1 unspecified atom stereocenters. The van der Waals surface area contributed by atoms with Crippen LogP contribution >= 0.6 is 0 Å². The summed E-state index contributed by atoms with van der Waals surface area (Å²) in [5.41, 5.74) is -0.0531. The van der Waals surface area contributed by atoms with Crippen LogP contribution in [0.2, 0.25) is 0 Å². The van der Waals surface area contributed by atoms with Gasteiger partial charge in [0.2, 0.25) is 10.0 Å². The van der Waals surface area contributed by atoms with Gasteiger partial charge in [0.15, 0.2) is 0 Å². The Bertz CT molecular complexity index is 370. The summed E-state index contributed by atoms with van der Waals surface area (Å²) in [7, 11) is -3.38. The maximum Gasteiger partial charge on any atom is 0.304 e. The highest BCUT2D eigenvalue weighted by Crippen LogP contribution is 2.21. The average Bonchev–Trinajstić information content (AvgIpc) is 2.13. The number of hydrogen-bond donors (Lipinski definition) is 1. The van der Waals surface area contributed by atoms with E-state index >= 15 is 0 Å². The van der Waals surface area contributed by atoms with Crippen LogP contribution in [0.4, 0.5) is 0 Å². The van der Waals surface area contributed by atoms with E-state index in [9.17, 15) is 13.2 Å². The molecule has 0 spiro atoms. The lowest BCUT2D eigenvalue weighted by atomic mass is 9.94. The molecule has 0 aromatic rings. The molecule has 0 heterocycles. The van der Waals surface area contributed by atoms with Crippen molar-refractivity contribution in [1.82, 2.24) is 4.31 Å². The third kappa shape index (κ3) is 6.35. The van der Waals surface area contributed by atoms with Crippen LogP contribution < -0.4 is 0 Å². The monoisotopic (exact) mass is 279 g/mol. The minimum absolute atomic E-state index is 0.0531. The van der Waals surface area contributed by atoms with E-state index < -0.39 is 22.0 Å². The zero-order chi connectivity index (χ0) is 14.6. The number of sulfonamides is 1. The molecular formula is C12H25NO4S. The number of carboxylic acids is 1. The van der Waals surface area contributed by atoms with Crippen LogP contribution in [0.5, 0.6) is 0 Å². The highest BCUT2D eigenvalue weighted by atomic mass is 32.2. The number of rotatable bonds is 7. The topological polar surface area (TPSA) is 74.7 Å². The van der Waals surface area contributed by atoms with E-state index in [2.05, 4.69) is 0 Å². The number of carbonyl (C=O) groups is 1. The van der Waals surface area contributed by atoms with Crippen LogP contribution in [0.25, 0.3) is 0 Å². The molecule has 0 aromatic carbocycles. The van der Waals surface area contributed by atoms with Crippen molar-refractivity contribution in [2.75, 3.05) is 12.3 Å². The van der Waals surface area contributed by atoms with Crippen molar-refractivity contribution in [2.45, 2.75) is 53.5 Å². The fourth-order valence-corrected chi connectivity index (χ4v) is 3.81. The highest BCUT2D eigenvalue weighted by Gasteiger charge is 2.28. The normalized spacial score (nSPS) is 14.8. The number of nitrogens with zero attached hydrogens (tertiary/aromatic N) is 1. The van der Waals surface area contributed by atoms with E-state index in [0.717, 1.165) is 0 Å². The van der Waals surface area contributed by atoms with Gasteiger partial charge in [0, 0.05) is 12.6 Å². The summed E-state index contributed by atoms with van der Waals surface area (Å²) in [6, 6.07) is -0.502. The zero-order valence-electron chi connectivity index (χ0n) is 11.9. The molecule has 0 aromatic heterocycles. The fourth-order valence-electron chi connectivity index (χ4n) is 1.69. The second kappa shape index (κ2) is 6.52. The Hall–Kier alpha value is -0.620. The molecule has 0 aliphatic carbocycles. The Labute approximate surface area is 110 Å². The molecule has 1 atom stereocenters. The SMILES string of the molecule is CCN(C(C)CC(=O)O)S(=O)(=O)CCC(C)(C)C. The van der Waals surface area contributed by atoms with Crippen molar-refractivity contribution in [2.24, 2.45) is 5.41 Å². The van der Waals surface area contributed by atoms with Crippen LogP contribution in [0.3, 0.4) is 0 Å². The van der Waals surface area contributed by atoms with Gasteiger partial charge in [0.05, 0.1) is 12.2 Å². The molecule has 0 rings (SSSR count). The summed E-state index contributed by atoms with van der Waals surface area (Å²) in [6.45, 7) is 9.62. The molecule has 5 nitrogen and oxygen atoms in total. The zero-order valence-corrected chi connectivity index (χ0v) is 12.7. The first kappa shape index (κ1) is 17.4. The van der Waals surface area contributed by atoms with Gasteiger partial charge >= 0.3 is 5.97 Å². The first-order valence-corrected chi connectivity index (χ1v) is 7.82. The third-order valence-electron chi connectivity index (χ3n) is 2.74. The quantitative estimate of drug-likeness (QED) is 0.772. The van der Waals surface area contributed by atoms with E-state index in [1.807, 2.05) is 20.8 Å². The first-order chi connectivity index (χ1) is 7.99. The Balaban J connectivity index is 4.77. The molecule has 0 saturated heterocycles. The maximum atomic E-state index is 12.2. The molecule has 0 amide bonds. The summed E-state index contributed by atoms with van der Waals surface area (Å²) in [4.78, 5) is 10.7. The van der Waals surface area contributed by atoms with Crippen LogP contribution in [0.1, 0.15) is 47.5 Å². The molecular weight excluding hydrogens is 254 g/mol. The van der Waals surface area contributed by atoms with E-state index in [0.29, 0.717) is 13.0 Å². The van der Waals surface area contributed by atoms with Crippen molar-refractivity contribution >= 4 is 16.0 Å². The third-order valence-corrected chi connectivity index (χ3v) is 4.79. The smallest absolute Gasteiger partial charge is 0.304 e. The van der Waals surface area contributed by atoms with Gasteiger partial charge < -0.3 is 5.11 Å². The van der Waals surface area contributed by atoms with E-state index in [4.69, 9.17) is 5.11 Å². The molecule has 6 heteroatoms. The second-order valence-corrected chi connectivity index (χ2v) is 7.82. The summed E-state index contributed by atoms with van der Waals surface area (Å²) < 4.78 is 25.6.